The Kier molecular flexibility index (Phi) is 6.23. The van der Waals surface area contributed by atoms with Crippen LogP contribution in [-0.2, 0) is 4.79 Å². The Morgan fingerprint density at radius 3 is 2.40 bits per heavy atom. The fraction of sp³-hybridized carbons (Fsp3) is 0.111. The Labute approximate surface area is 143 Å². The van der Waals surface area contributed by atoms with E-state index in [1.807, 2.05) is 0 Å². The molecule has 2 aromatic carbocycles. The van der Waals surface area contributed by atoms with Crippen LogP contribution in [0.1, 0.15) is 21.5 Å². The summed E-state index contributed by atoms with van der Waals surface area (Å²) in [5.41, 5.74) is 8.31. The molecule has 0 aromatic heterocycles. The Hall–Kier alpha value is -3.21. The van der Waals surface area contributed by atoms with Crippen molar-refractivity contribution in [3.05, 3.63) is 71.0 Å². The van der Waals surface area contributed by atoms with E-state index in [1.165, 1.54) is 29.7 Å². The van der Waals surface area contributed by atoms with Crippen LogP contribution < -0.4 is 16.5 Å². The summed E-state index contributed by atoms with van der Waals surface area (Å²) in [5, 5.41) is 11.0. The second-order valence-electron chi connectivity index (χ2n) is 5.08. The van der Waals surface area contributed by atoms with E-state index in [0.717, 1.165) is 0 Å². The number of halogens is 1. The summed E-state index contributed by atoms with van der Waals surface area (Å²) in [6.07, 6.45) is 0. The molecule has 1 atom stereocenters. The average molecular weight is 341 g/mol. The monoisotopic (exact) mass is 341 g/mol. The van der Waals surface area contributed by atoms with Crippen LogP contribution in [0, 0.1) is 17.7 Å². The molecule has 2 aromatic rings. The van der Waals surface area contributed by atoms with Gasteiger partial charge in [-0.2, -0.15) is 0 Å². The third kappa shape index (κ3) is 5.14. The van der Waals surface area contributed by atoms with Gasteiger partial charge >= 0.3 is 0 Å². The van der Waals surface area contributed by atoms with Crippen LogP contribution in [0.25, 0.3) is 0 Å². The summed E-state index contributed by atoms with van der Waals surface area (Å²) in [4.78, 5) is 23.4. The number of benzene rings is 2. The summed E-state index contributed by atoms with van der Waals surface area (Å²) < 4.78 is 13.1. The molecule has 6 nitrogen and oxygen atoms in total. The van der Waals surface area contributed by atoms with Crippen molar-refractivity contribution in [1.29, 1.82) is 0 Å². The molecular weight excluding hydrogens is 325 g/mol. The van der Waals surface area contributed by atoms with Gasteiger partial charge in [-0.05, 0) is 42.5 Å². The number of nitrogens with two attached hydrogens (primary N) is 1. The molecule has 0 aliphatic heterocycles. The lowest BCUT2D eigenvalue weighted by Crippen LogP contribution is -2.50. The number of carbonyl (C=O) groups excluding carboxylic acids is 2. The van der Waals surface area contributed by atoms with E-state index in [1.54, 1.807) is 24.3 Å². The lowest BCUT2D eigenvalue weighted by Gasteiger charge is -2.14. The fourth-order valence-electron chi connectivity index (χ4n) is 1.97. The Balaban J connectivity index is 2.07. The molecule has 25 heavy (non-hydrogen) atoms. The molecule has 0 saturated carbocycles. The highest BCUT2D eigenvalue weighted by Gasteiger charge is 2.19. The topological polar surface area (TPSA) is 104 Å². The van der Waals surface area contributed by atoms with Crippen LogP contribution in [-0.4, -0.2) is 29.6 Å². The molecular formula is C18H16FN3O3. The first-order chi connectivity index (χ1) is 12.0. The first-order valence-corrected chi connectivity index (χ1v) is 7.36. The van der Waals surface area contributed by atoms with Crippen LogP contribution in [0.4, 0.5) is 4.39 Å². The average Bonchev–Trinajstić information content (AvgIpc) is 2.64. The molecule has 2 amide bonds. The molecule has 0 radical (unpaired) electrons. The molecule has 128 valence electrons. The Bertz CT molecular complexity index is 825. The first-order valence-electron chi connectivity index (χ1n) is 7.36. The van der Waals surface area contributed by atoms with E-state index in [0.29, 0.717) is 16.7 Å². The molecule has 0 saturated heterocycles. The third-order valence-electron chi connectivity index (χ3n) is 3.29. The van der Waals surface area contributed by atoms with Crippen LogP contribution in [0.15, 0.2) is 48.5 Å². The van der Waals surface area contributed by atoms with E-state index in [2.05, 4.69) is 17.2 Å². The number of hydrogen-bond acceptors (Lipinski definition) is 4. The molecule has 0 heterocycles. The predicted octanol–water partition coefficient (Wildman–Crippen LogP) is 0.788. The van der Waals surface area contributed by atoms with Crippen LogP contribution >= 0.6 is 0 Å². The minimum absolute atomic E-state index is 0.157. The van der Waals surface area contributed by atoms with Gasteiger partial charge in [0.2, 0.25) is 0 Å². The van der Waals surface area contributed by atoms with Crippen molar-refractivity contribution in [2.45, 2.75) is 6.04 Å². The van der Waals surface area contributed by atoms with Crippen molar-refractivity contribution in [3.8, 4) is 11.8 Å². The molecule has 0 unspecified atom stereocenters. The highest BCUT2D eigenvalue weighted by molar-refractivity contribution is 5.97. The van der Waals surface area contributed by atoms with Gasteiger partial charge in [-0.1, -0.05) is 17.9 Å². The summed E-state index contributed by atoms with van der Waals surface area (Å²) >= 11 is 0. The van der Waals surface area contributed by atoms with Gasteiger partial charge in [-0.15, -0.1) is 0 Å². The smallest absolute Gasteiger partial charge is 0.267 e. The second kappa shape index (κ2) is 8.59. The quantitative estimate of drug-likeness (QED) is 0.375. The van der Waals surface area contributed by atoms with Gasteiger partial charge in [0.1, 0.15) is 11.9 Å². The zero-order valence-corrected chi connectivity index (χ0v) is 13.1. The van der Waals surface area contributed by atoms with Gasteiger partial charge in [-0.3, -0.25) is 14.8 Å². The van der Waals surface area contributed by atoms with E-state index < -0.39 is 17.9 Å². The molecule has 0 bridgehead atoms. The number of nitrogens with one attached hydrogen (secondary N) is 2. The van der Waals surface area contributed by atoms with E-state index in [4.69, 9.17) is 10.9 Å². The number of carbonyl (C=O) groups is 2. The van der Waals surface area contributed by atoms with Gasteiger partial charge in [0.15, 0.2) is 0 Å². The number of hydroxylamine groups is 1. The number of rotatable bonds is 4. The molecule has 0 spiro atoms. The standard InChI is InChI=1S/C18H16FN3O3/c19-15-3-1-2-13(10-15)5-4-12-6-8-14(9-7-12)17(23)21-16(11-20)18(24)22-25/h1-3,6-10,16,25H,11,20H2,(H,21,23)(H,22,24)/t16-/m0/s1. The van der Waals surface area contributed by atoms with Gasteiger partial charge in [-0.25, -0.2) is 9.87 Å². The molecule has 0 fully saturated rings. The van der Waals surface area contributed by atoms with Crippen molar-refractivity contribution in [2.24, 2.45) is 5.73 Å². The van der Waals surface area contributed by atoms with Crippen LogP contribution in [0.3, 0.4) is 0 Å². The summed E-state index contributed by atoms with van der Waals surface area (Å²) in [6, 6.07) is 11.2. The lowest BCUT2D eigenvalue weighted by atomic mass is 10.1. The van der Waals surface area contributed by atoms with Crippen LogP contribution in [0.2, 0.25) is 0 Å². The highest BCUT2D eigenvalue weighted by atomic mass is 19.1. The van der Waals surface area contributed by atoms with Crippen molar-refractivity contribution < 1.29 is 19.2 Å². The maximum Gasteiger partial charge on any atom is 0.267 e. The maximum absolute atomic E-state index is 13.1. The fourth-order valence-corrected chi connectivity index (χ4v) is 1.97. The minimum Gasteiger partial charge on any atom is -0.339 e. The Morgan fingerprint density at radius 2 is 1.80 bits per heavy atom. The Morgan fingerprint density at radius 1 is 1.12 bits per heavy atom. The predicted molar refractivity (Wildman–Crippen MR) is 89.1 cm³/mol. The van der Waals surface area contributed by atoms with Gasteiger partial charge < -0.3 is 11.1 Å². The normalized spacial score (nSPS) is 11.0. The zero-order valence-electron chi connectivity index (χ0n) is 13.1. The minimum atomic E-state index is -1.04. The molecule has 0 aliphatic carbocycles. The third-order valence-corrected chi connectivity index (χ3v) is 3.29. The van der Waals surface area contributed by atoms with Gasteiger partial charge in [0.25, 0.3) is 11.8 Å². The molecule has 0 aliphatic rings. The largest absolute Gasteiger partial charge is 0.339 e. The number of amides is 2. The first kappa shape index (κ1) is 18.1. The summed E-state index contributed by atoms with van der Waals surface area (Å²) in [6.45, 7) is -0.157. The number of hydrogen-bond donors (Lipinski definition) is 4. The molecule has 5 N–H and O–H groups in total. The lowest BCUT2D eigenvalue weighted by molar-refractivity contribution is -0.130. The van der Waals surface area contributed by atoms with Gasteiger partial charge in [0, 0.05) is 23.2 Å². The summed E-state index contributed by atoms with van der Waals surface area (Å²) in [5.74, 6) is 4.03. The van der Waals surface area contributed by atoms with Crippen molar-refractivity contribution in [3.63, 3.8) is 0 Å². The second-order valence-corrected chi connectivity index (χ2v) is 5.08. The zero-order chi connectivity index (χ0) is 18.2. The maximum atomic E-state index is 13.1. The van der Waals surface area contributed by atoms with E-state index >= 15 is 0 Å². The van der Waals surface area contributed by atoms with Crippen LogP contribution in [0.5, 0.6) is 0 Å². The van der Waals surface area contributed by atoms with E-state index in [-0.39, 0.29) is 12.4 Å². The highest BCUT2D eigenvalue weighted by Crippen LogP contribution is 2.06. The molecule has 7 heteroatoms. The van der Waals surface area contributed by atoms with Gasteiger partial charge in [0.05, 0.1) is 0 Å². The van der Waals surface area contributed by atoms with Crippen molar-refractivity contribution in [1.82, 2.24) is 10.8 Å². The van der Waals surface area contributed by atoms with E-state index in [9.17, 15) is 14.0 Å². The molecule has 2 rings (SSSR count). The summed E-state index contributed by atoms with van der Waals surface area (Å²) in [7, 11) is 0. The van der Waals surface area contributed by atoms with Crippen molar-refractivity contribution >= 4 is 11.8 Å². The van der Waals surface area contributed by atoms with Crippen molar-refractivity contribution in [2.75, 3.05) is 6.54 Å². The SMILES string of the molecule is NC[C@H](NC(=O)c1ccc(C#Cc2cccc(F)c2)cc1)C(=O)NO.